The smallest absolute Gasteiger partial charge is 0.256 e. The van der Waals surface area contributed by atoms with E-state index in [0.717, 1.165) is 25.0 Å². The molecule has 2 aromatic rings. The second-order valence-corrected chi connectivity index (χ2v) is 6.49. The summed E-state index contributed by atoms with van der Waals surface area (Å²) < 4.78 is 13.0. The molecule has 0 bridgehead atoms. The van der Waals surface area contributed by atoms with E-state index in [4.69, 9.17) is 0 Å². The summed E-state index contributed by atoms with van der Waals surface area (Å²) in [5, 5.41) is 2.78. The van der Waals surface area contributed by atoms with Gasteiger partial charge in [-0.1, -0.05) is 12.1 Å². The highest BCUT2D eigenvalue weighted by Gasteiger charge is 2.18. The van der Waals surface area contributed by atoms with Crippen molar-refractivity contribution in [3.63, 3.8) is 0 Å². The normalized spacial score (nSPS) is 16.6. The number of allylic oxidation sites excluding steroid dienone is 1. The van der Waals surface area contributed by atoms with Gasteiger partial charge >= 0.3 is 0 Å². The number of halogens is 2. The minimum atomic E-state index is -0.364. The molecule has 0 saturated carbocycles. The zero-order valence-electron chi connectivity index (χ0n) is 14.9. The predicted molar refractivity (Wildman–Crippen MR) is 105 cm³/mol. The summed E-state index contributed by atoms with van der Waals surface area (Å²) in [6, 6.07) is 11.7. The standard InChI is InChI=1S/C20H22FN3O.ClH/c1-24(2)17-12-8-14(9-13-17)18-4-3-5-19(22-18)23-20(25)15-6-10-16(21)11-7-15;/h3-8,10-11,17H,9,12-13H2,1-2H3,(H,22,23,25);1H. The van der Waals surface area contributed by atoms with Crippen LogP contribution in [0.2, 0.25) is 0 Å². The Morgan fingerprint density at radius 1 is 1.19 bits per heavy atom. The molecule has 6 heteroatoms. The lowest BCUT2D eigenvalue weighted by Gasteiger charge is -2.27. The van der Waals surface area contributed by atoms with Crippen molar-refractivity contribution in [3.8, 4) is 0 Å². The van der Waals surface area contributed by atoms with Gasteiger partial charge in [0.2, 0.25) is 0 Å². The Morgan fingerprint density at radius 3 is 2.54 bits per heavy atom. The molecule has 1 N–H and O–H groups in total. The Kier molecular flexibility index (Phi) is 6.89. The summed E-state index contributed by atoms with van der Waals surface area (Å²) in [6.07, 6.45) is 5.33. The SMILES string of the molecule is CN(C)C1CC=C(c2cccc(NC(=O)c3ccc(F)cc3)n2)CC1.Cl. The lowest BCUT2D eigenvalue weighted by Crippen LogP contribution is -2.29. The van der Waals surface area contributed by atoms with Gasteiger partial charge < -0.3 is 10.2 Å². The lowest BCUT2D eigenvalue weighted by molar-refractivity contribution is 0.102. The molecule has 1 aliphatic carbocycles. The van der Waals surface area contributed by atoms with Gasteiger partial charge in [-0.3, -0.25) is 4.79 Å². The molecule has 0 spiro atoms. The molecule has 1 aliphatic rings. The molecule has 1 heterocycles. The monoisotopic (exact) mass is 375 g/mol. The fraction of sp³-hybridized carbons (Fsp3) is 0.300. The van der Waals surface area contributed by atoms with Gasteiger partial charge in [0, 0.05) is 11.6 Å². The van der Waals surface area contributed by atoms with Gasteiger partial charge in [-0.25, -0.2) is 9.37 Å². The first kappa shape index (κ1) is 20.1. The molecule has 138 valence electrons. The van der Waals surface area contributed by atoms with Gasteiger partial charge in [0.15, 0.2) is 0 Å². The quantitative estimate of drug-likeness (QED) is 0.861. The molecule has 1 atom stereocenters. The average Bonchev–Trinajstić information content (AvgIpc) is 2.62. The Hall–Kier alpha value is -2.24. The van der Waals surface area contributed by atoms with Gasteiger partial charge in [-0.15, -0.1) is 12.4 Å². The first-order valence-corrected chi connectivity index (χ1v) is 8.43. The van der Waals surface area contributed by atoms with Crippen LogP contribution in [0.1, 0.15) is 35.3 Å². The van der Waals surface area contributed by atoms with Crippen LogP contribution in [-0.4, -0.2) is 35.9 Å². The average molecular weight is 376 g/mol. The van der Waals surface area contributed by atoms with E-state index in [-0.39, 0.29) is 24.1 Å². The van der Waals surface area contributed by atoms with Gasteiger partial charge in [0.05, 0.1) is 5.69 Å². The summed E-state index contributed by atoms with van der Waals surface area (Å²) >= 11 is 0. The summed E-state index contributed by atoms with van der Waals surface area (Å²) in [4.78, 5) is 19.0. The largest absolute Gasteiger partial charge is 0.307 e. The first-order valence-electron chi connectivity index (χ1n) is 8.43. The number of carbonyl (C=O) groups is 1. The lowest BCUT2D eigenvalue weighted by atomic mass is 9.92. The van der Waals surface area contributed by atoms with Crippen LogP contribution in [0.3, 0.4) is 0 Å². The van der Waals surface area contributed by atoms with Gasteiger partial charge in [0.25, 0.3) is 5.91 Å². The molecule has 1 amide bonds. The number of aromatic nitrogens is 1. The number of amides is 1. The van der Waals surface area contributed by atoms with Crippen molar-refractivity contribution in [2.75, 3.05) is 19.4 Å². The number of pyridine rings is 1. The maximum Gasteiger partial charge on any atom is 0.256 e. The maximum atomic E-state index is 13.0. The van der Waals surface area contributed by atoms with Crippen molar-refractivity contribution in [2.24, 2.45) is 0 Å². The number of hydrogen-bond donors (Lipinski definition) is 1. The predicted octanol–water partition coefficient (Wildman–Crippen LogP) is 4.39. The van der Waals surface area contributed by atoms with Crippen LogP contribution < -0.4 is 5.32 Å². The summed E-state index contributed by atoms with van der Waals surface area (Å²) in [5.41, 5.74) is 2.52. The highest BCUT2D eigenvalue weighted by Crippen LogP contribution is 2.28. The fourth-order valence-electron chi connectivity index (χ4n) is 2.99. The molecule has 1 aromatic heterocycles. The number of hydrogen-bond acceptors (Lipinski definition) is 3. The third-order valence-corrected chi connectivity index (χ3v) is 4.54. The third kappa shape index (κ3) is 4.90. The summed E-state index contributed by atoms with van der Waals surface area (Å²) in [5.74, 6) is -0.158. The molecule has 1 aromatic carbocycles. The number of carbonyl (C=O) groups excluding carboxylic acids is 1. The zero-order chi connectivity index (χ0) is 17.8. The second-order valence-electron chi connectivity index (χ2n) is 6.49. The van der Waals surface area contributed by atoms with E-state index in [0.29, 0.717) is 17.4 Å². The molecule has 4 nitrogen and oxygen atoms in total. The zero-order valence-corrected chi connectivity index (χ0v) is 15.7. The molecule has 0 saturated heterocycles. The van der Waals surface area contributed by atoms with E-state index in [1.54, 1.807) is 6.07 Å². The number of nitrogens with one attached hydrogen (secondary N) is 1. The van der Waals surface area contributed by atoms with Crippen LogP contribution in [0.5, 0.6) is 0 Å². The Morgan fingerprint density at radius 2 is 1.92 bits per heavy atom. The third-order valence-electron chi connectivity index (χ3n) is 4.54. The van der Waals surface area contributed by atoms with Crippen molar-refractivity contribution >= 4 is 29.7 Å². The number of benzene rings is 1. The van der Waals surface area contributed by atoms with E-state index in [1.807, 2.05) is 12.1 Å². The highest BCUT2D eigenvalue weighted by molar-refractivity contribution is 6.03. The van der Waals surface area contributed by atoms with E-state index >= 15 is 0 Å². The van der Waals surface area contributed by atoms with Gasteiger partial charge in [-0.05, 0) is 75.3 Å². The highest BCUT2D eigenvalue weighted by atomic mass is 35.5. The van der Waals surface area contributed by atoms with Crippen molar-refractivity contribution in [3.05, 3.63) is 65.6 Å². The Balaban J connectivity index is 0.00000243. The topological polar surface area (TPSA) is 45.2 Å². The summed E-state index contributed by atoms with van der Waals surface area (Å²) in [7, 11) is 4.21. The van der Waals surface area contributed by atoms with Crippen LogP contribution >= 0.6 is 12.4 Å². The van der Waals surface area contributed by atoms with Crippen molar-refractivity contribution in [2.45, 2.75) is 25.3 Å². The molecule has 0 fully saturated rings. The van der Waals surface area contributed by atoms with Crippen molar-refractivity contribution < 1.29 is 9.18 Å². The van der Waals surface area contributed by atoms with Crippen LogP contribution in [-0.2, 0) is 0 Å². The van der Waals surface area contributed by atoms with Crippen LogP contribution in [0, 0.1) is 5.82 Å². The van der Waals surface area contributed by atoms with Crippen LogP contribution in [0.4, 0.5) is 10.2 Å². The number of anilines is 1. The summed E-state index contributed by atoms with van der Waals surface area (Å²) in [6.45, 7) is 0. The van der Waals surface area contributed by atoms with E-state index in [9.17, 15) is 9.18 Å². The molecule has 26 heavy (non-hydrogen) atoms. The number of nitrogens with zero attached hydrogens (tertiary/aromatic N) is 2. The minimum Gasteiger partial charge on any atom is -0.307 e. The van der Waals surface area contributed by atoms with Gasteiger partial charge in [-0.2, -0.15) is 0 Å². The van der Waals surface area contributed by atoms with Crippen molar-refractivity contribution in [1.82, 2.24) is 9.88 Å². The Bertz CT molecular complexity index is 790. The van der Waals surface area contributed by atoms with E-state index in [1.165, 1.54) is 29.8 Å². The second kappa shape index (κ2) is 8.92. The molecule has 1 unspecified atom stereocenters. The molecule has 3 rings (SSSR count). The Labute approximate surface area is 159 Å². The fourth-order valence-corrected chi connectivity index (χ4v) is 2.99. The van der Waals surface area contributed by atoms with Crippen molar-refractivity contribution in [1.29, 1.82) is 0 Å². The first-order chi connectivity index (χ1) is 12.0. The molecular weight excluding hydrogens is 353 g/mol. The molecule has 0 aliphatic heterocycles. The molecule has 0 radical (unpaired) electrons. The van der Waals surface area contributed by atoms with E-state index in [2.05, 4.69) is 35.4 Å². The van der Waals surface area contributed by atoms with E-state index < -0.39 is 0 Å². The van der Waals surface area contributed by atoms with Gasteiger partial charge in [0.1, 0.15) is 11.6 Å². The molecular formula is C20H23ClFN3O. The van der Waals surface area contributed by atoms with Crippen LogP contribution in [0.15, 0.2) is 48.5 Å². The van der Waals surface area contributed by atoms with Crippen LogP contribution in [0.25, 0.3) is 5.57 Å². The maximum absolute atomic E-state index is 13.0. The minimum absolute atomic E-state index is 0. The number of rotatable bonds is 4.